The number of pyridine rings is 1. The number of nitrogens with one attached hydrogen (secondary N) is 1. The van der Waals surface area contributed by atoms with E-state index in [1.54, 1.807) is 12.3 Å². The topological polar surface area (TPSA) is 67.6 Å². The van der Waals surface area contributed by atoms with Crippen LogP contribution >= 0.6 is 0 Å². The number of furan rings is 1. The van der Waals surface area contributed by atoms with Crippen LogP contribution in [0.3, 0.4) is 0 Å². The summed E-state index contributed by atoms with van der Waals surface area (Å²) in [6, 6.07) is 21.0. The Bertz CT molecular complexity index is 1160. The number of morpholine rings is 1. The SMILES string of the molecule is O=C(Nc1ccc(N2CCOCC2)cc1)c1cc(-c2ccco2)nc2ccccc12. The molecule has 1 fully saturated rings. The van der Waals surface area contributed by atoms with Gasteiger partial charge in [-0.2, -0.15) is 0 Å². The molecule has 150 valence electrons. The van der Waals surface area contributed by atoms with Gasteiger partial charge in [0.05, 0.1) is 30.6 Å². The van der Waals surface area contributed by atoms with Crippen LogP contribution < -0.4 is 10.2 Å². The molecule has 0 radical (unpaired) electrons. The zero-order valence-corrected chi connectivity index (χ0v) is 16.4. The van der Waals surface area contributed by atoms with Crippen molar-refractivity contribution in [2.45, 2.75) is 0 Å². The smallest absolute Gasteiger partial charge is 0.256 e. The molecule has 2 aromatic carbocycles. The number of nitrogens with zero attached hydrogens (tertiary/aromatic N) is 2. The Labute approximate surface area is 174 Å². The van der Waals surface area contributed by atoms with E-state index in [0.29, 0.717) is 17.0 Å². The second kappa shape index (κ2) is 8.00. The van der Waals surface area contributed by atoms with Crippen molar-refractivity contribution in [2.75, 3.05) is 36.5 Å². The van der Waals surface area contributed by atoms with Crippen molar-refractivity contribution in [1.82, 2.24) is 4.98 Å². The van der Waals surface area contributed by atoms with E-state index in [1.807, 2.05) is 60.7 Å². The molecule has 1 N–H and O–H groups in total. The molecule has 30 heavy (non-hydrogen) atoms. The highest BCUT2D eigenvalue weighted by Crippen LogP contribution is 2.26. The minimum Gasteiger partial charge on any atom is -0.463 e. The fraction of sp³-hybridized carbons (Fsp3) is 0.167. The molecule has 0 unspecified atom stereocenters. The number of amides is 1. The first-order chi connectivity index (χ1) is 14.8. The van der Waals surface area contributed by atoms with Crippen molar-refractivity contribution in [2.24, 2.45) is 0 Å². The lowest BCUT2D eigenvalue weighted by atomic mass is 10.1. The number of ether oxygens (including phenoxy) is 1. The molecule has 1 aliphatic heterocycles. The number of carbonyl (C=O) groups is 1. The van der Waals surface area contributed by atoms with E-state index in [1.165, 1.54) is 0 Å². The summed E-state index contributed by atoms with van der Waals surface area (Å²) in [4.78, 5) is 20.1. The van der Waals surface area contributed by atoms with Crippen molar-refractivity contribution >= 4 is 28.2 Å². The molecule has 3 heterocycles. The summed E-state index contributed by atoms with van der Waals surface area (Å²) in [5.74, 6) is 0.449. The maximum atomic E-state index is 13.1. The third kappa shape index (κ3) is 3.65. The van der Waals surface area contributed by atoms with Crippen LogP contribution in [0.1, 0.15) is 10.4 Å². The summed E-state index contributed by atoms with van der Waals surface area (Å²) in [6.45, 7) is 3.24. The third-order valence-corrected chi connectivity index (χ3v) is 5.24. The van der Waals surface area contributed by atoms with Gasteiger partial charge >= 0.3 is 0 Å². The van der Waals surface area contributed by atoms with Crippen LogP contribution in [0, 0.1) is 0 Å². The van der Waals surface area contributed by atoms with Gasteiger partial charge in [-0.1, -0.05) is 18.2 Å². The monoisotopic (exact) mass is 399 g/mol. The van der Waals surface area contributed by atoms with Gasteiger partial charge in [0.2, 0.25) is 0 Å². The number of carbonyl (C=O) groups excluding carboxylic acids is 1. The molecule has 1 amide bonds. The van der Waals surface area contributed by atoms with Crippen molar-refractivity contribution in [1.29, 1.82) is 0 Å². The minimum absolute atomic E-state index is 0.180. The number of aromatic nitrogens is 1. The van der Waals surface area contributed by atoms with Gasteiger partial charge < -0.3 is 19.4 Å². The Hall–Kier alpha value is -3.64. The number of hydrogen-bond acceptors (Lipinski definition) is 5. The van der Waals surface area contributed by atoms with Gasteiger partial charge in [0.15, 0.2) is 5.76 Å². The Morgan fingerprint density at radius 2 is 1.77 bits per heavy atom. The molecule has 0 atom stereocenters. The highest BCUT2D eigenvalue weighted by molar-refractivity contribution is 6.13. The molecule has 0 saturated carbocycles. The first-order valence-electron chi connectivity index (χ1n) is 9.96. The zero-order chi connectivity index (χ0) is 20.3. The van der Waals surface area contributed by atoms with Gasteiger partial charge in [-0.15, -0.1) is 0 Å². The summed E-state index contributed by atoms with van der Waals surface area (Å²) in [6.07, 6.45) is 1.60. The number of rotatable bonds is 4. The Kier molecular flexibility index (Phi) is 4.91. The van der Waals surface area contributed by atoms with E-state index in [9.17, 15) is 4.79 Å². The molecule has 0 spiro atoms. The maximum absolute atomic E-state index is 13.1. The van der Waals surface area contributed by atoms with Crippen LogP contribution in [0.2, 0.25) is 0 Å². The number of para-hydroxylation sites is 1. The fourth-order valence-corrected chi connectivity index (χ4v) is 3.69. The van der Waals surface area contributed by atoms with Crippen LogP contribution in [0.4, 0.5) is 11.4 Å². The molecule has 6 nitrogen and oxygen atoms in total. The number of benzene rings is 2. The predicted octanol–water partition coefficient (Wildman–Crippen LogP) is 4.58. The number of fused-ring (bicyclic) bond motifs is 1. The molecule has 5 rings (SSSR count). The van der Waals surface area contributed by atoms with Crippen LogP contribution in [0.15, 0.2) is 77.4 Å². The van der Waals surface area contributed by atoms with Crippen LogP contribution in [0.5, 0.6) is 0 Å². The zero-order valence-electron chi connectivity index (χ0n) is 16.4. The van der Waals surface area contributed by atoms with Gasteiger partial charge in [-0.05, 0) is 48.5 Å². The van der Waals surface area contributed by atoms with E-state index in [2.05, 4.69) is 15.2 Å². The minimum atomic E-state index is -0.180. The summed E-state index contributed by atoms with van der Waals surface area (Å²) < 4.78 is 10.9. The lowest BCUT2D eigenvalue weighted by molar-refractivity contribution is 0.102. The number of hydrogen-bond donors (Lipinski definition) is 1. The molecular formula is C24H21N3O3. The highest BCUT2D eigenvalue weighted by atomic mass is 16.5. The second-order valence-corrected chi connectivity index (χ2v) is 7.15. The van der Waals surface area contributed by atoms with Gasteiger partial charge in [-0.3, -0.25) is 4.79 Å². The van der Waals surface area contributed by atoms with Gasteiger partial charge in [0.1, 0.15) is 5.69 Å². The van der Waals surface area contributed by atoms with Crippen LogP contribution in [-0.2, 0) is 4.74 Å². The van der Waals surface area contributed by atoms with E-state index in [0.717, 1.165) is 48.6 Å². The molecule has 1 saturated heterocycles. The first-order valence-corrected chi connectivity index (χ1v) is 9.96. The average molecular weight is 399 g/mol. The Balaban J connectivity index is 1.43. The molecule has 1 aliphatic rings. The highest BCUT2D eigenvalue weighted by Gasteiger charge is 2.16. The maximum Gasteiger partial charge on any atom is 0.256 e. The Morgan fingerprint density at radius 3 is 2.53 bits per heavy atom. The quantitative estimate of drug-likeness (QED) is 0.544. The van der Waals surface area contributed by atoms with Gasteiger partial charge in [0, 0.05) is 29.9 Å². The first kappa shape index (κ1) is 18.4. The molecular weight excluding hydrogens is 378 g/mol. The third-order valence-electron chi connectivity index (χ3n) is 5.24. The molecule has 0 bridgehead atoms. The largest absolute Gasteiger partial charge is 0.463 e. The summed E-state index contributed by atoms with van der Waals surface area (Å²) in [5.41, 5.74) is 3.82. The summed E-state index contributed by atoms with van der Waals surface area (Å²) in [5, 5.41) is 3.81. The van der Waals surface area contributed by atoms with Crippen molar-refractivity contribution in [3.8, 4) is 11.5 Å². The van der Waals surface area contributed by atoms with Gasteiger partial charge in [-0.25, -0.2) is 4.98 Å². The summed E-state index contributed by atoms with van der Waals surface area (Å²) >= 11 is 0. The van der Waals surface area contributed by atoms with Crippen LogP contribution in [-0.4, -0.2) is 37.2 Å². The normalized spacial score (nSPS) is 14.1. The van der Waals surface area contributed by atoms with Crippen molar-refractivity contribution < 1.29 is 13.9 Å². The van der Waals surface area contributed by atoms with Crippen molar-refractivity contribution in [3.05, 3.63) is 78.6 Å². The molecule has 2 aromatic heterocycles. The summed E-state index contributed by atoms with van der Waals surface area (Å²) in [7, 11) is 0. The fourth-order valence-electron chi connectivity index (χ4n) is 3.69. The van der Waals surface area contributed by atoms with E-state index in [4.69, 9.17) is 9.15 Å². The molecule has 6 heteroatoms. The lowest BCUT2D eigenvalue weighted by Gasteiger charge is -2.28. The van der Waals surface area contributed by atoms with Crippen LogP contribution in [0.25, 0.3) is 22.4 Å². The van der Waals surface area contributed by atoms with E-state index >= 15 is 0 Å². The Morgan fingerprint density at radius 1 is 0.967 bits per heavy atom. The van der Waals surface area contributed by atoms with Gasteiger partial charge in [0.25, 0.3) is 5.91 Å². The molecule has 4 aromatic rings. The second-order valence-electron chi connectivity index (χ2n) is 7.15. The standard InChI is InChI=1S/C24H21N3O3/c28-24(25-17-7-9-18(10-8-17)27-11-14-29-15-12-27)20-16-22(23-6-3-13-30-23)26-21-5-2-1-4-19(20)21/h1-10,13,16H,11-12,14-15H2,(H,25,28). The predicted molar refractivity (Wildman–Crippen MR) is 117 cm³/mol. The number of anilines is 2. The van der Waals surface area contributed by atoms with Crippen molar-refractivity contribution in [3.63, 3.8) is 0 Å². The molecule has 0 aliphatic carbocycles. The van der Waals surface area contributed by atoms with E-state index < -0.39 is 0 Å². The average Bonchev–Trinajstić information content (AvgIpc) is 3.34. The lowest BCUT2D eigenvalue weighted by Crippen LogP contribution is -2.36. The van der Waals surface area contributed by atoms with E-state index in [-0.39, 0.29) is 5.91 Å².